The van der Waals surface area contributed by atoms with Crippen LogP contribution in [0, 0.1) is 5.92 Å². The lowest BCUT2D eigenvalue weighted by molar-refractivity contribution is -0.138. The molecule has 0 spiro atoms. The molecule has 3 unspecified atom stereocenters. The largest absolute Gasteiger partial charge is 0.481 e. The van der Waals surface area contributed by atoms with Gasteiger partial charge in [0.1, 0.15) is 0 Å². The molecular weight excluding hydrogens is 248 g/mol. The Kier molecular flexibility index (Phi) is 6.08. The van der Waals surface area contributed by atoms with Gasteiger partial charge in [-0.15, -0.1) is 0 Å². The quantitative estimate of drug-likeness (QED) is 0.764. The first-order valence-electron chi connectivity index (χ1n) is 6.83. The summed E-state index contributed by atoms with van der Waals surface area (Å²) in [6.07, 6.45) is 1.09. The van der Waals surface area contributed by atoms with Crippen LogP contribution in [0.5, 0.6) is 0 Å². The Morgan fingerprint density at radius 3 is 2.68 bits per heavy atom. The minimum atomic E-state index is -0.892. The highest BCUT2D eigenvalue weighted by atomic mass is 16.5. The van der Waals surface area contributed by atoms with E-state index >= 15 is 0 Å². The molecule has 0 aliphatic carbocycles. The van der Waals surface area contributed by atoms with Crippen LogP contribution in [0.1, 0.15) is 33.6 Å². The fraction of sp³-hybridized carbons (Fsp3) is 0.846. The third-order valence-electron chi connectivity index (χ3n) is 3.65. The summed E-state index contributed by atoms with van der Waals surface area (Å²) in [6, 6.07) is -0.505. The predicted octanol–water partition coefficient (Wildman–Crippen LogP) is 1.31. The van der Waals surface area contributed by atoms with Crippen LogP contribution in [0.15, 0.2) is 0 Å². The zero-order valence-corrected chi connectivity index (χ0v) is 11.9. The summed E-state index contributed by atoms with van der Waals surface area (Å²) in [4.78, 5) is 24.3. The van der Waals surface area contributed by atoms with Crippen molar-refractivity contribution in [1.29, 1.82) is 0 Å². The number of amides is 2. The maximum atomic E-state index is 12.0. The van der Waals surface area contributed by atoms with E-state index in [-0.39, 0.29) is 24.6 Å². The summed E-state index contributed by atoms with van der Waals surface area (Å²) in [5.41, 5.74) is 0. The van der Waals surface area contributed by atoms with Crippen LogP contribution in [-0.2, 0) is 9.53 Å². The third-order valence-corrected chi connectivity index (χ3v) is 3.65. The topological polar surface area (TPSA) is 78.9 Å². The Balaban J connectivity index is 2.42. The van der Waals surface area contributed by atoms with Gasteiger partial charge < -0.3 is 20.1 Å². The Labute approximate surface area is 114 Å². The highest BCUT2D eigenvalue weighted by Crippen LogP contribution is 2.19. The van der Waals surface area contributed by atoms with E-state index in [9.17, 15) is 9.59 Å². The molecule has 1 aliphatic rings. The Hall–Kier alpha value is -1.30. The number of urea groups is 1. The van der Waals surface area contributed by atoms with Crippen LogP contribution in [-0.4, -0.2) is 53.8 Å². The molecule has 3 atom stereocenters. The van der Waals surface area contributed by atoms with Crippen molar-refractivity contribution in [2.24, 2.45) is 5.92 Å². The number of carbonyl (C=O) groups excluding carboxylic acids is 1. The first-order chi connectivity index (χ1) is 8.95. The van der Waals surface area contributed by atoms with Gasteiger partial charge in [0.05, 0.1) is 12.5 Å². The Morgan fingerprint density at radius 2 is 2.21 bits per heavy atom. The SMILES string of the molecule is CCN(C(=O)NCC1CCOC1C)C(C)CC(=O)O. The van der Waals surface area contributed by atoms with Crippen molar-refractivity contribution in [3.63, 3.8) is 0 Å². The molecule has 0 aromatic heterocycles. The molecule has 110 valence electrons. The molecule has 6 nitrogen and oxygen atoms in total. The summed E-state index contributed by atoms with van der Waals surface area (Å²) >= 11 is 0. The van der Waals surface area contributed by atoms with Crippen LogP contribution in [0.25, 0.3) is 0 Å². The smallest absolute Gasteiger partial charge is 0.317 e. The molecular formula is C13H24N2O4. The van der Waals surface area contributed by atoms with E-state index in [1.807, 2.05) is 13.8 Å². The van der Waals surface area contributed by atoms with Gasteiger partial charge in [-0.3, -0.25) is 4.79 Å². The second-order valence-corrected chi connectivity index (χ2v) is 5.04. The molecule has 2 amide bonds. The maximum absolute atomic E-state index is 12.0. The van der Waals surface area contributed by atoms with Gasteiger partial charge in [-0.2, -0.15) is 0 Å². The van der Waals surface area contributed by atoms with Gasteiger partial charge in [-0.25, -0.2) is 4.79 Å². The van der Waals surface area contributed by atoms with Gasteiger partial charge in [0.15, 0.2) is 0 Å². The summed E-state index contributed by atoms with van der Waals surface area (Å²) in [7, 11) is 0. The first kappa shape index (κ1) is 15.8. The summed E-state index contributed by atoms with van der Waals surface area (Å²) in [6.45, 7) is 7.42. The number of nitrogens with one attached hydrogen (secondary N) is 1. The van der Waals surface area contributed by atoms with Gasteiger partial charge >= 0.3 is 12.0 Å². The van der Waals surface area contributed by atoms with Gasteiger partial charge in [0, 0.05) is 31.7 Å². The fourth-order valence-electron chi connectivity index (χ4n) is 2.38. The zero-order chi connectivity index (χ0) is 14.4. The Morgan fingerprint density at radius 1 is 1.53 bits per heavy atom. The maximum Gasteiger partial charge on any atom is 0.317 e. The number of hydrogen-bond donors (Lipinski definition) is 2. The van der Waals surface area contributed by atoms with E-state index in [1.165, 1.54) is 0 Å². The number of ether oxygens (including phenoxy) is 1. The molecule has 1 fully saturated rings. The predicted molar refractivity (Wildman–Crippen MR) is 71.0 cm³/mol. The molecule has 1 aliphatic heterocycles. The van der Waals surface area contributed by atoms with Crippen LogP contribution in [0.4, 0.5) is 4.79 Å². The summed E-state index contributed by atoms with van der Waals surface area (Å²) in [5.74, 6) is -0.547. The minimum absolute atomic E-state index is 0.0375. The normalized spacial score (nSPS) is 23.9. The second kappa shape index (κ2) is 7.33. The fourth-order valence-corrected chi connectivity index (χ4v) is 2.38. The second-order valence-electron chi connectivity index (χ2n) is 5.04. The van der Waals surface area contributed by atoms with Crippen molar-refractivity contribution < 1.29 is 19.4 Å². The van der Waals surface area contributed by atoms with Crippen molar-refractivity contribution in [2.45, 2.75) is 45.8 Å². The number of carboxylic acids is 1. The molecule has 19 heavy (non-hydrogen) atoms. The summed E-state index contributed by atoms with van der Waals surface area (Å²) in [5, 5.41) is 11.6. The number of rotatable bonds is 6. The molecule has 0 saturated carbocycles. The number of hydrogen-bond acceptors (Lipinski definition) is 3. The zero-order valence-electron chi connectivity index (χ0n) is 11.9. The molecule has 1 saturated heterocycles. The highest BCUT2D eigenvalue weighted by molar-refractivity contribution is 5.75. The molecule has 2 N–H and O–H groups in total. The molecule has 0 aromatic rings. The van der Waals surface area contributed by atoms with E-state index in [2.05, 4.69) is 5.32 Å². The highest BCUT2D eigenvalue weighted by Gasteiger charge is 2.26. The molecule has 1 heterocycles. The molecule has 0 radical (unpaired) electrons. The van der Waals surface area contributed by atoms with Crippen molar-refractivity contribution in [3.8, 4) is 0 Å². The lowest BCUT2D eigenvalue weighted by atomic mass is 10.0. The third kappa shape index (κ3) is 4.70. The molecule has 6 heteroatoms. The van der Waals surface area contributed by atoms with Crippen molar-refractivity contribution >= 4 is 12.0 Å². The number of aliphatic carboxylic acids is 1. The van der Waals surface area contributed by atoms with Crippen molar-refractivity contribution in [3.05, 3.63) is 0 Å². The molecule has 0 aromatic carbocycles. The monoisotopic (exact) mass is 272 g/mol. The molecule has 0 bridgehead atoms. The van der Waals surface area contributed by atoms with Gasteiger partial charge in [-0.05, 0) is 27.2 Å². The van der Waals surface area contributed by atoms with Crippen LogP contribution < -0.4 is 5.32 Å². The van der Waals surface area contributed by atoms with Crippen molar-refractivity contribution in [2.75, 3.05) is 19.7 Å². The van der Waals surface area contributed by atoms with Crippen LogP contribution in [0.3, 0.4) is 0 Å². The van der Waals surface area contributed by atoms with E-state index in [1.54, 1.807) is 11.8 Å². The number of nitrogens with zero attached hydrogens (tertiary/aromatic N) is 1. The van der Waals surface area contributed by atoms with Crippen LogP contribution in [0.2, 0.25) is 0 Å². The first-order valence-corrected chi connectivity index (χ1v) is 6.83. The lowest BCUT2D eigenvalue weighted by Crippen LogP contribution is -2.47. The van der Waals surface area contributed by atoms with Gasteiger partial charge in [0.25, 0.3) is 0 Å². The van der Waals surface area contributed by atoms with Gasteiger partial charge in [-0.1, -0.05) is 0 Å². The van der Waals surface area contributed by atoms with E-state index < -0.39 is 5.97 Å². The number of carbonyl (C=O) groups is 2. The summed E-state index contributed by atoms with van der Waals surface area (Å²) < 4.78 is 5.44. The van der Waals surface area contributed by atoms with Crippen molar-refractivity contribution in [1.82, 2.24) is 10.2 Å². The number of carboxylic acid groups (broad SMARTS) is 1. The van der Waals surface area contributed by atoms with E-state index in [0.717, 1.165) is 13.0 Å². The molecule has 1 rings (SSSR count). The van der Waals surface area contributed by atoms with E-state index in [4.69, 9.17) is 9.84 Å². The van der Waals surface area contributed by atoms with Crippen LogP contribution >= 0.6 is 0 Å². The lowest BCUT2D eigenvalue weighted by Gasteiger charge is -2.28. The average Bonchev–Trinajstić information content (AvgIpc) is 2.72. The minimum Gasteiger partial charge on any atom is -0.481 e. The Bertz CT molecular complexity index is 322. The standard InChI is InChI=1S/C13H24N2O4/c1-4-15(9(2)7-12(16)17)13(18)14-8-11-5-6-19-10(11)3/h9-11H,4-8H2,1-3H3,(H,14,18)(H,16,17). The average molecular weight is 272 g/mol. The van der Waals surface area contributed by atoms with E-state index in [0.29, 0.717) is 19.0 Å². The van der Waals surface area contributed by atoms with Gasteiger partial charge in [0.2, 0.25) is 0 Å².